The lowest BCUT2D eigenvalue weighted by Crippen LogP contribution is -2.51. The predicted octanol–water partition coefficient (Wildman–Crippen LogP) is 0.721. The number of nitrogens with zero attached hydrogens (tertiary/aromatic N) is 3. The van der Waals surface area contributed by atoms with Crippen LogP contribution in [0.2, 0.25) is 0 Å². The van der Waals surface area contributed by atoms with Gasteiger partial charge in [-0.05, 0) is 12.1 Å². The lowest BCUT2D eigenvalue weighted by Gasteiger charge is -2.31. The number of hydrogen-bond donors (Lipinski definition) is 0. The first-order chi connectivity index (χ1) is 10.6. The Bertz CT molecular complexity index is 632. The molecule has 9 heteroatoms. The zero-order valence-corrected chi connectivity index (χ0v) is 14.4. The summed E-state index contributed by atoms with van der Waals surface area (Å²) in [6.45, 7) is 1.40. The van der Waals surface area contributed by atoms with E-state index in [1.807, 2.05) is 11.8 Å². The number of carbonyl (C=O) groups excluding carboxylic acids is 1. The van der Waals surface area contributed by atoms with Gasteiger partial charge < -0.3 is 4.90 Å². The van der Waals surface area contributed by atoms with Crippen LogP contribution in [0.15, 0.2) is 29.4 Å². The Morgan fingerprint density at radius 2 is 2.05 bits per heavy atom. The summed E-state index contributed by atoms with van der Waals surface area (Å²) >= 11 is 3.30. The van der Waals surface area contributed by atoms with Gasteiger partial charge in [0.05, 0.1) is 5.88 Å². The van der Waals surface area contributed by atoms with Crippen LogP contribution in [0.5, 0.6) is 0 Å². The van der Waals surface area contributed by atoms with Gasteiger partial charge in [0.15, 0.2) is 0 Å². The molecule has 0 radical (unpaired) electrons. The summed E-state index contributed by atoms with van der Waals surface area (Å²) < 4.78 is 26.8. The van der Waals surface area contributed by atoms with E-state index in [-0.39, 0.29) is 10.8 Å². The predicted molar refractivity (Wildman–Crippen MR) is 88.3 cm³/mol. The smallest absolute Gasteiger partial charge is 0.246 e. The van der Waals surface area contributed by atoms with Crippen molar-refractivity contribution in [3.63, 3.8) is 0 Å². The molecule has 2 aliphatic heterocycles. The molecule has 2 saturated heterocycles. The van der Waals surface area contributed by atoms with E-state index in [0.717, 1.165) is 11.5 Å². The van der Waals surface area contributed by atoms with Crippen LogP contribution in [0.25, 0.3) is 0 Å². The number of pyridine rings is 1. The van der Waals surface area contributed by atoms with E-state index >= 15 is 0 Å². The molecule has 1 amide bonds. The molecule has 3 rings (SSSR count). The van der Waals surface area contributed by atoms with Gasteiger partial charge in [0.25, 0.3) is 0 Å². The third kappa shape index (κ3) is 3.12. The second kappa shape index (κ2) is 6.77. The molecule has 0 saturated carbocycles. The highest BCUT2D eigenvalue weighted by atomic mass is 32.2. The molecule has 3 heterocycles. The molecular formula is C13H17N3O3S3. The van der Waals surface area contributed by atoms with Crippen molar-refractivity contribution in [2.24, 2.45) is 0 Å². The molecule has 6 nitrogen and oxygen atoms in total. The molecule has 2 fully saturated rings. The molecule has 0 N–H and O–H groups in total. The maximum Gasteiger partial charge on any atom is 0.246 e. The first-order valence-corrected chi connectivity index (χ1v) is 10.7. The van der Waals surface area contributed by atoms with Crippen molar-refractivity contribution in [2.75, 3.05) is 36.2 Å². The number of carbonyl (C=O) groups is 1. The average Bonchev–Trinajstić information content (AvgIpc) is 3.06. The molecule has 1 aromatic rings. The first-order valence-electron chi connectivity index (χ1n) is 6.97. The molecule has 120 valence electrons. The standard InChI is InChI=1S/C13H17N3O3S3/c17-13(15-4-6-20-7-5-15)12-9-21-10-16(12)22(18,19)11-2-1-3-14-8-11/h1-3,8,12H,4-7,9-10H2/t12-/m1/s1. The minimum atomic E-state index is -3.67. The number of rotatable bonds is 3. The Morgan fingerprint density at radius 3 is 2.73 bits per heavy atom. The van der Waals surface area contributed by atoms with Gasteiger partial charge in [-0.25, -0.2) is 8.42 Å². The van der Waals surface area contributed by atoms with E-state index in [1.165, 1.54) is 34.5 Å². The van der Waals surface area contributed by atoms with E-state index in [9.17, 15) is 13.2 Å². The fourth-order valence-electron chi connectivity index (χ4n) is 2.49. The quantitative estimate of drug-likeness (QED) is 0.792. The number of aromatic nitrogens is 1. The number of amides is 1. The average molecular weight is 359 g/mol. The van der Waals surface area contributed by atoms with Crippen molar-refractivity contribution in [1.82, 2.24) is 14.2 Å². The lowest BCUT2D eigenvalue weighted by atomic mass is 10.3. The number of thioether (sulfide) groups is 2. The number of hydrogen-bond acceptors (Lipinski definition) is 6. The summed E-state index contributed by atoms with van der Waals surface area (Å²) in [4.78, 5) is 18.5. The summed E-state index contributed by atoms with van der Waals surface area (Å²) in [7, 11) is -3.67. The highest BCUT2D eigenvalue weighted by Gasteiger charge is 2.41. The van der Waals surface area contributed by atoms with E-state index in [2.05, 4.69) is 4.98 Å². The normalized spacial score (nSPS) is 23.6. The summed E-state index contributed by atoms with van der Waals surface area (Å²) in [5.74, 6) is 2.60. The second-order valence-corrected chi connectivity index (χ2v) is 9.15. The van der Waals surface area contributed by atoms with Crippen molar-refractivity contribution >= 4 is 39.5 Å². The van der Waals surface area contributed by atoms with Crippen molar-refractivity contribution in [3.8, 4) is 0 Å². The Labute approximate surface area is 138 Å². The molecule has 2 aliphatic rings. The van der Waals surface area contributed by atoms with Gasteiger partial charge in [0.2, 0.25) is 15.9 Å². The molecule has 1 aromatic heterocycles. The summed E-state index contributed by atoms with van der Waals surface area (Å²) in [6.07, 6.45) is 2.86. The largest absolute Gasteiger partial charge is 0.340 e. The fourth-order valence-corrected chi connectivity index (χ4v) is 6.49. The van der Waals surface area contributed by atoms with Gasteiger partial charge in [0.1, 0.15) is 10.9 Å². The van der Waals surface area contributed by atoms with Gasteiger partial charge in [-0.2, -0.15) is 16.1 Å². The summed E-state index contributed by atoms with van der Waals surface area (Å²) in [5.41, 5.74) is 0. The van der Waals surface area contributed by atoms with Gasteiger partial charge >= 0.3 is 0 Å². The van der Waals surface area contributed by atoms with E-state index in [1.54, 1.807) is 11.0 Å². The molecule has 1 atom stereocenters. The topological polar surface area (TPSA) is 70.6 Å². The van der Waals surface area contributed by atoms with Gasteiger partial charge in [-0.3, -0.25) is 9.78 Å². The zero-order chi connectivity index (χ0) is 15.6. The van der Waals surface area contributed by atoms with Crippen LogP contribution in [-0.2, 0) is 14.8 Å². The maximum atomic E-state index is 12.7. The molecular weight excluding hydrogens is 342 g/mol. The monoisotopic (exact) mass is 359 g/mol. The van der Waals surface area contributed by atoms with Crippen molar-refractivity contribution < 1.29 is 13.2 Å². The van der Waals surface area contributed by atoms with Gasteiger partial charge in [-0.1, -0.05) is 0 Å². The molecule has 0 unspecified atom stereocenters. The van der Waals surface area contributed by atoms with Crippen LogP contribution in [0.1, 0.15) is 0 Å². The van der Waals surface area contributed by atoms with Crippen LogP contribution in [0.4, 0.5) is 0 Å². The first kappa shape index (κ1) is 16.1. The lowest BCUT2D eigenvalue weighted by molar-refractivity contribution is -0.133. The molecule has 0 spiro atoms. The van der Waals surface area contributed by atoms with Crippen molar-refractivity contribution in [1.29, 1.82) is 0 Å². The maximum absolute atomic E-state index is 12.7. The van der Waals surface area contributed by atoms with Gasteiger partial charge in [0, 0.05) is 42.7 Å². The second-order valence-electron chi connectivity index (χ2n) is 5.03. The van der Waals surface area contributed by atoms with E-state index < -0.39 is 16.1 Å². The Kier molecular flexibility index (Phi) is 4.96. The SMILES string of the molecule is O=C([C@H]1CSCN1S(=O)(=O)c1cccnc1)N1CCSCC1. The van der Waals surface area contributed by atoms with Crippen LogP contribution in [-0.4, -0.2) is 70.8 Å². The molecule has 0 aromatic carbocycles. The molecule has 0 bridgehead atoms. The fraction of sp³-hybridized carbons (Fsp3) is 0.538. The summed E-state index contributed by atoms with van der Waals surface area (Å²) in [6, 6.07) is 2.51. The third-order valence-corrected chi connectivity index (χ3v) is 7.65. The Morgan fingerprint density at radius 1 is 1.27 bits per heavy atom. The molecule has 0 aliphatic carbocycles. The minimum Gasteiger partial charge on any atom is -0.340 e. The van der Waals surface area contributed by atoms with Gasteiger partial charge in [-0.15, -0.1) is 11.8 Å². The van der Waals surface area contributed by atoms with Crippen molar-refractivity contribution in [3.05, 3.63) is 24.5 Å². The Balaban J connectivity index is 1.82. The molecule has 22 heavy (non-hydrogen) atoms. The Hall–Kier alpha value is -0.770. The third-order valence-electron chi connectivity index (χ3n) is 3.69. The summed E-state index contributed by atoms with van der Waals surface area (Å²) in [5, 5.41) is 0. The highest BCUT2D eigenvalue weighted by Crippen LogP contribution is 2.29. The van der Waals surface area contributed by atoms with Crippen LogP contribution < -0.4 is 0 Å². The minimum absolute atomic E-state index is 0.0715. The van der Waals surface area contributed by atoms with E-state index in [4.69, 9.17) is 0 Å². The zero-order valence-electron chi connectivity index (χ0n) is 11.9. The van der Waals surface area contributed by atoms with Crippen LogP contribution in [0, 0.1) is 0 Å². The van der Waals surface area contributed by atoms with E-state index in [0.29, 0.717) is 24.7 Å². The number of sulfonamides is 1. The highest BCUT2D eigenvalue weighted by molar-refractivity contribution is 8.00. The van der Waals surface area contributed by atoms with Crippen LogP contribution >= 0.6 is 23.5 Å². The van der Waals surface area contributed by atoms with Crippen LogP contribution in [0.3, 0.4) is 0 Å². The van der Waals surface area contributed by atoms with Crippen molar-refractivity contribution in [2.45, 2.75) is 10.9 Å².